The molecule has 0 saturated heterocycles. The summed E-state index contributed by atoms with van der Waals surface area (Å²) in [5, 5.41) is 6.58. The first-order valence-corrected chi connectivity index (χ1v) is 11.6. The number of hydrogen-bond donors (Lipinski definition) is 2. The zero-order valence-corrected chi connectivity index (χ0v) is 18.8. The average molecular weight is 417 g/mol. The van der Waals surface area contributed by atoms with Crippen LogP contribution >= 0.6 is 0 Å². The standard InChI is InChI=1S/C22H32N4O2S/c1-6-23-22(24-14-18-8-7-9-20(13-18)16-26(3)4)25-15-19-10-11-21(17(2)12-19)29(5,27)28/h7-13H,6,14-16H2,1-5H3,(H2,23,24,25). The second kappa shape index (κ2) is 10.4. The number of nitrogens with zero attached hydrogens (tertiary/aromatic N) is 2. The van der Waals surface area contributed by atoms with E-state index in [-0.39, 0.29) is 0 Å². The van der Waals surface area contributed by atoms with Crippen LogP contribution in [0.25, 0.3) is 0 Å². The maximum atomic E-state index is 11.8. The number of hydrogen-bond acceptors (Lipinski definition) is 4. The lowest BCUT2D eigenvalue weighted by Crippen LogP contribution is -2.36. The fourth-order valence-corrected chi connectivity index (χ4v) is 4.09. The molecule has 158 valence electrons. The van der Waals surface area contributed by atoms with E-state index < -0.39 is 9.84 Å². The molecule has 2 aromatic carbocycles. The third-order valence-corrected chi connectivity index (χ3v) is 5.61. The maximum Gasteiger partial charge on any atom is 0.191 e. The van der Waals surface area contributed by atoms with Crippen molar-refractivity contribution in [3.8, 4) is 0 Å². The average Bonchev–Trinajstić information content (AvgIpc) is 2.63. The predicted molar refractivity (Wildman–Crippen MR) is 120 cm³/mol. The van der Waals surface area contributed by atoms with Gasteiger partial charge in [-0.3, -0.25) is 0 Å². The van der Waals surface area contributed by atoms with Gasteiger partial charge in [0.1, 0.15) is 0 Å². The molecule has 0 atom stereocenters. The first kappa shape index (κ1) is 22.9. The summed E-state index contributed by atoms with van der Waals surface area (Å²) in [5.74, 6) is 0.732. The molecular weight excluding hydrogens is 384 g/mol. The Hall–Kier alpha value is -2.38. The molecule has 0 aliphatic rings. The van der Waals surface area contributed by atoms with Crippen molar-refractivity contribution >= 4 is 15.8 Å². The highest BCUT2D eigenvalue weighted by molar-refractivity contribution is 7.90. The smallest absolute Gasteiger partial charge is 0.191 e. The third kappa shape index (κ3) is 7.51. The Morgan fingerprint density at radius 3 is 2.38 bits per heavy atom. The van der Waals surface area contributed by atoms with Crippen molar-refractivity contribution in [2.45, 2.75) is 38.4 Å². The monoisotopic (exact) mass is 416 g/mol. The SMILES string of the molecule is CCNC(=NCc1cccc(CN(C)C)c1)NCc1ccc(S(C)(=O)=O)c(C)c1. The van der Waals surface area contributed by atoms with Crippen LogP contribution in [0.1, 0.15) is 29.2 Å². The summed E-state index contributed by atoms with van der Waals surface area (Å²) in [6, 6.07) is 13.9. The fraction of sp³-hybridized carbons (Fsp3) is 0.409. The summed E-state index contributed by atoms with van der Waals surface area (Å²) in [6.45, 7) is 6.66. The van der Waals surface area contributed by atoms with Crippen LogP contribution in [0.15, 0.2) is 52.4 Å². The molecule has 0 heterocycles. The lowest BCUT2D eigenvalue weighted by Gasteiger charge is -2.13. The summed E-state index contributed by atoms with van der Waals surface area (Å²) in [5.41, 5.74) is 4.19. The first-order chi connectivity index (χ1) is 13.7. The van der Waals surface area contributed by atoms with Crippen molar-refractivity contribution in [3.05, 3.63) is 64.7 Å². The van der Waals surface area contributed by atoms with E-state index in [1.807, 2.05) is 26.0 Å². The number of aliphatic imine (C=N–C) groups is 1. The van der Waals surface area contributed by atoms with Gasteiger partial charge in [0.25, 0.3) is 0 Å². The number of benzene rings is 2. The van der Waals surface area contributed by atoms with E-state index in [2.05, 4.69) is 58.9 Å². The molecule has 7 heteroatoms. The van der Waals surface area contributed by atoms with Gasteiger partial charge in [0.2, 0.25) is 0 Å². The Balaban J connectivity index is 2.05. The van der Waals surface area contributed by atoms with Crippen molar-refractivity contribution in [2.24, 2.45) is 4.99 Å². The maximum absolute atomic E-state index is 11.8. The number of guanidine groups is 1. The van der Waals surface area contributed by atoms with E-state index in [0.29, 0.717) is 18.0 Å². The van der Waals surface area contributed by atoms with Crippen LogP contribution in [0.4, 0.5) is 0 Å². The van der Waals surface area contributed by atoms with Crippen molar-refractivity contribution < 1.29 is 8.42 Å². The van der Waals surface area contributed by atoms with Gasteiger partial charge in [0, 0.05) is 25.9 Å². The molecule has 29 heavy (non-hydrogen) atoms. The van der Waals surface area contributed by atoms with E-state index in [0.717, 1.165) is 35.7 Å². The van der Waals surface area contributed by atoms with Gasteiger partial charge in [-0.1, -0.05) is 36.4 Å². The van der Waals surface area contributed by atoms with Gasteiger partial charge in [-0.2, -0.15) is 0 Å². The van der Waals surface area contributed by atoms with Crippen molar-refractivity contribution in [3.63, 3.8) is 0 Å². The molecule has 0 aliphatic heterocycles. The van der Waals surface area contributed by atoms with Crippen molar-refractivity contribution in [1.82, 2.24) is 15.5 Å². The highest BCUT2D eigenvalue weighted by Gasteiger charge is 2.11. The van der Waals surface area contributed by atoms with Crippen LogP contribution in [0.3, 0.4) is 0 Å². The second-order valence-electron chi connectivity index (χ2n) is 7.48. The van der Waals surface area contributed by atoms with Gasteiger partial charge >= 0.3 is 0 Å². The Labute approximate surface area is 175 Å². The molecule has 0 unspecified atom stereocenters. The Bertz CT molecular complexity index is 953. The number of sulfone groups is 1. The van der Waals surface area contributed by atoms with Gasteiger partial charge in [-0.25, -0.2) is 13.4 Å². The van der Waals surface area contributed by atoms with Crippen molar-refractivity contribution in [1.29, 1.82) is 0 Å². The van der Waals surface area contributed by atoms with Crippen LogP contribution in [0, 0.1) is 6.92 Å². The quantitative estimate of drug-likeness (QED) is 0.511. The second-order valence-corrected chi connectivity index (χ2v) is 9.46. The zero-order valence-electron chi connectivity index (χ0n) is 18.0. The summed E-state index contributed by atoms with van der Waals surface area (Å²) >= 11 is 0. The minimum absolute atomic E-state index is 0.374. The lowest BCUT2D eigenvalue weighted by atomic mass is 10.1. The molecule has 0 saturated carbocycles. The Morgan fingerprint density at radius 2 is 1.76 bits per heavy atom. The molecule has 2 aromatic rings. The normalized spacial score (nSPS) is 12.3. The molecule has 0 fully saturated rings. The van der Waals surface area contributed by atoms with Crippen molar-refractivity contribution in [2.75, 3.05) is 26.9 Å². The molecule has 2 N–H and O–H groups in total. The van der Waals surface area contributed by atoms with Crippen LogP contribution < -0.4 is 10.6 Å². The predicted octanol–water partition coefficient (Wildman–Crippen LogP) is 2.72. The minimum Gasteiger partial charge on any atom is -0.357 e. The summed E-state index contributed by atoms with van der Waals surface area (Å²) in [4.78, 5) is 7.20. The topological polar surface area (TPSA) is 73.8 Å². The van der Waals surface area contributed by atoms with Crippen LogP contribution in [-0.4, -0.2) is 46.2 Å². The first-order valence-electron chi connectivity index (χ1n) is 9.73. The summed E-state index contributed by atoms with van der Waals surface area (Å²) < 4.78 is 23.5. The molecule has 0 spiro atoms. The molecular formula is C22H32N4O2S. The van der Waals surface area contributed by atoms with E-state index in [1.165, 1.54) is 11.8 Å². The molecule has 0 aromatic heterocycles. The van der Waals surface area contributed by atoms with Crippen LogP contribution in [-0.2, 0) is 29.5 Å². The molecule has 2 rings (SSSR count). The third-order valence-electron chi connectivity index (χ3n) is 4.35. The molecule has 0 amide bonds. The van der Waals surface area contributed by atoms with E-state index in [4.69, 9.17) is 0 Å². The van der Waals surface area contributed by atoms with Gasteiger partial charge in [-0.15, -0.1) is 0 Å². The summed E-state index contributed by atoms with van der Waals surface area (Å²) in [6.07, 6.45) is 1.23. The van der Waals surface area contributed by atoms with Gasteiger partial charge in [0.05, 0.1) is 11.4 Å². The molecule has 0 radical (unpaired) electrons. The zero-order chi connectivity index (χ0) is 21.4. The lowest BCUT2D eigenvalue weighted by molar-refractivity contribution is 0.402. The fourth-order valence-electron chi connectivity index (χ4n) is 3.13. The number of aryl methyl sites for hydroxylation is 1. The number of nitrogens with one attached hydrogen (secondary N) is 2. The number of rotatable bonds is 8. The highest BCUT2D eigenvalue weighted by atomic mass is 32.2. The van der Waals surface area contributed by atoms with E-state index in [1.54, 1.807) is 6.07 Å². The van der Waals surface area contributed by atoms with Crippen LogP contribution in [0.2, 0.25) is 0 Å². The molecule has 0 aliphatic carbocycles. The van der Waals surface area contributed by atoms with Gasteiger partial charge in [0.15, 0.2) is 15.8 Å². The van der Waals surface area contributed by atoms with E-state index in [9.17, 15) is 8.42 Å². The van der Waals surface area contributed by atoms with Gasteiger partial charge in [-0.05, 0) is 56.3 Å². The molecule has 6 nitrogen and oxygen atoms in total. The van der Waals surface area contributed by atoms with Gasteiger partial charge < -0.3 is 15.5 Å². The summed E-state index contributed by atoms with van der Waals surface area (Å²) in [7, 11) is 0.915. The minimum atomic E-state index is -3.20. The Morgan fingerprint density at radius 1 is 1.03 bits per heavy atom. The largest absolute Gasteiger partial charge is 0.357 e. The van der Waals surface area contributed by atoms with Crippen LogP contribution in [0.5, 0.6) is 0 Å². The molecule has 0 bridgehead atoms. The Kier molecular flexibility index (Phi) is 8.22. The highest BCUT2D eigenvalue weighted by Crippen LogP contribution is 2.16. The van der Waals surface area contributed by atoms with E-state index >= 15 is 0 Å².